The van der Waals surface area contributed by atoms with Crippen LogP contribution in [0.25, 0.3) is 0 Å². The van der Waals surface area contributed by atoms with Gasteiger partial charge >= 0.3 is 11.8 Å². The number of aromatic nitrogens is 2. The second-order valence-corrected chi connectivity index (χ2v) is 7.15. The number of fused-ring (bicyclic) bond motifs is 1. The number of nitrogens with zero attached hydrogens (tertiary/aromatic N) is 1. The predicted octanol–water partition coefficient (Wildman–Crippen LogP) is 3.12. The molecule has 3 N–H and O–H groups in total. The molecule has 148 valence electrons. The lowest BCUT2D eigenvalue weighted by Gasteiger charge is -2.22. The van der Waals surface area contributed by atoms with Gasteiger partial charge in [-0.15, -0.1) is 0 Å². The summed E-state index contributed by atoms with van der Waals surface area (Å²) < 4.78 is 5.87. The third-order valence-corrected chi connectivity index (χ3v) is 4.94. The van der Waals surface area contributed by atoms with Gasteiger partial charge in [0, 0.05) is 11.7 Å². The van der Waals surface area contributed by atoms with Gasteiger partial charge in [0.2, 0.25) is 0 Å². The Morgan fingerprint density at radius 1 is 1.10 bits per heavy atom. The number of para-hydroxylation sites is 2. The quantitative estimate of drug-likeness (QED) is 0.597. The van der Waals surface area contributed by atoms with Crippen LogP contribution in [0.5, 0.6) is 11.5 Å². The number of hydrogen-bond donors (Lipinski definition) is 3. The first-order valence-corrected chi connectivity index (χ1v) is 9.55. The molecule has 1 atom stereocenters. The van der Waals surface area contributed by atoms with Gasteiger partial charge in [-0.3, -0.25) is 14.7 Å². The summed E-state index contributed by atoms with van der Waals surface area (Å²) in [7, 11) is 0. The lowest BCUT2D eigenvalue weighted by Crippen LogP contribution is -2.44. The smallest absolute Gasteiger partial charge is 0.313 e. The van der Waals surface area contributed by atoms with E-state index >= 15 is 0 Å². The van der Waals surface area contributed by atoms with E-state index in [9.17, 15) is 9.59 Å². The van der Waals surface area contributed by atoms with Crippen molar-refractivity contribution in [3.8, 4) is 11.5 Å². The highest BCUT2D eigenvalue weighted by Gasteiger charge is 2.24. The molecule has 2 amide bonds. The number of benzene rings is 2. The molecular weight excluding hydrogens is 368 g/mol. The van der Waals surface area contributed by atoms with E-state index in [0.29, 0.717) is 23.6 Å². The van der Waals surface area contributed by atoms with Crippen molar-refractivity contribution >= 4 is 17.5 Å². The van der Waals surface area contributed by atoms with Gasteiger partial charge in [0.25, 0.3) is 0 Å². The fourth-order valence-corrected chi connectivity index (χ4v) is 3.36. The maximum Gasteiger partial charge on any atom is 0.313 e. The fourth-order valence-electron chi connectivity index (χ4n) is 3.36. The summed E-state index contributed by atoms with van der Waals surface area (Å²) in [5.41, 5.74) is 3.75. The van der Waals surface area contributed by atoms with Crippen LogP contribution in [-0.2, 0) is 22.4 Å². The molecule has 7 nitrogen and oxygen atoms in total. The number of aryl methyl sites for hydroxylation is 2. The van der Waals surface area contributed by atoms with Gasteiger partial charge in [0.15, 0.2) is 5.75 Å². The van der Waals surface area contributed by atoms with Gasteiger partial charge < -0.3 is 15.4 Å². The van der Waals surface area contributed by atoms with Crippen LogP contribution in [0.4, 0.5) is 5.69 Å². The molecule has 4 rings (SSSR count). The number of carbonyl (C=O) groups is 2. The maximum absolute atomic E-state index is 12.4. The van der Waals surface area contributed by atoms with Crippen LogP contribution >= 0.6 is 0 Å². The summed E-state index contributed by atoms with van der Waals surface area (Å²) >= 11 is 0. The minimum atomic E-state index is -0.719. The Kier molecular flexibility index (Phi) is 5.29. The summed E-state index contributed by atoms with van der Waals surface area (Å²) in [4.78, 5) is 24.8. The normalized spacial score (nSPS) is 15.3. The number of carbonyl (C=O) groups excluding carboxylic acids is 2. The highest BCUT2D eigenvalue weighted by atomic mass is 16.5. The third kappa shape index (κ3) is 4.45. The van der Waals surface area contributed by atoms with Crippen molar-refractivity contribution in [1.82, 2.24) is 15.5 Å². The minimum Gasteiger partial charge on any atom is -0.455 e. The summed E-state index contributed by atoms with van der Waals surface area (Å²) in [6, 6.07) is 14.5. The summed E-state index contributed by atoms with van der Waals surface area (Å²) in [5.74, 6) is -0.256. The topological polar surface area (TPSA) is 96.1 Å². The molecule has 0 aliphatic heterocycles. The lowest BCUT2D eigenvalue weighted by molar-refractivity contribution is -0.136. The molecule has 2 aromatic carbocycles. The van der Waals surface area contributed by atoms with Crippen LogP contribution < -0.4 is 15.4 Å². The lowest BCUT2D eigenvalue weighted by atomic mass is 9.93. The highest BCUT2D eigenvalue weighted by molar-refractivity contribution is 6.39. The molecule has 0 saturated carbocycles. The zero-order chi connectivity index (χ0) is 20.2. The first-order valence-electron chi connectivity index (χ1n) is 9.55. The highest BCUT2D eigenvalue weighted by Crippen LogP contribution is 2.29. The molecule has 1 aromatic heterocycles. The van der Waals surface area contributed by atoms with Crippen molar-refractivity contribution < 1.29 is 14.3 Å². The van der Waals surface area contributed by atoms with Gasteiger partial charge in [0.1, 0.15) is 5.75 Å². The molecule has 0 spiro atoms. The van der Waals surface area contributed by atoms with Gasteiger partial charge in [-0.1, -0.05) is 29.8 Å². The number of nitrogens with one attached hydrogen (secondary N) is 3. The fraction of sp³-hybridized carbons (Fsp3) is 0.227. The average Bonchev–Trinajstić information content (AvgIpc) is 3.19. The standard InChI is InChI=1S/C22H22N4O3/c1-14-6-9-17(10-7-14)29-20-5-3-2-4-19(20)25-22(28)21(27)24-16-8-11-18-15(12-16)13-23-26-18/h2-7,9-10,13,16H,8,11-12H2,1H3,(H,23,26)(H,24,27)(H,25,28). The average molecular weight is 390 g/mol. The summed E-state index contributed by atoms with van der Waals surface area (Å²) in [5, 5.41) is 12.4. The zero-order valence-corrected chi connectivity index (χ0v) is 16.1. The van der Waals surface area contributed by atoms with E-state index in [-0.39, 0.29) is 6.04 Å². The second-order valence-electron chi connectivity index (χ2n) is 7.15. The van der Waals surface area contributed by atoms with Crippen molar-refractivity contribution in [3.05, 3.63) is 71.5 Å². The van der Waals surface area contributed by atoms with E-state index in [1.54, 1.807) is 24.4 Å². The Morgan fingerprint density at radius 3 is 2.72 bits per heavy atom. The maximum atomic E-state index is 12.4. The first kappa shape index (κ1) is 18.7. The molecule has 29 heavy (non-hydrogen) atoms. The van der Waals surface area contributed by atoms with Crippen LogP contribution in [-0.4, -0.2) is 28.1 Å². The van der Waals surface area contributed by atoms with Crippen molar-refractivity contribution in [2.75, 3.05) is 5.32 Å². The Labute approximate surface area is 168 Å². The van der Waals surface area contributed by atoms with E-state index in [0.717, 1.165) is 29.7 Å². The SMILES string of the molecule is Cc1ccc(Oc2ccccc2NC(=O)C(=O)NC2CCc3[nH]ncc3C2)cc1. The van der Waals surface area contributed by atoms with Crippen LogP contribution in [0.2, 0.25) is 0 Å². The van der Waals surface area contributed by atoms with E-state index in [2.05, 4.69) is 20.8 Å². The summed E-state index contributed by atoms with van der Waals surface area (Å²) in [6.45, 7) is 2.00. The van der Waals surface area contributed by atoms with Crippen LogP contribution in [0, 0.1) is 6.92 Å². The Morgan fingerprint density at radius 2 is 1.90 bits per heavy atom. The van der Waals surface area contributed by atoms with E-state index in [1.165, 1.54) is 0 Å². The van der Waals surface area contributed by atoms with E-state index < -0.39 is 11.8 Å². The number of amides is 2. The number of aromatic amines is 1. The number of hydrogen-bond acceptors (Lipinski definition) is 4. The Hall–Kier alpha value is -3.61. The van der Waals surface area contributed by atoms with Crippen molar-refractivity contribution in [3.63, 3.8) is 0 Å². The van der Waals surface area contributed by atoms with Gasteiger partial charge in [-0.2, -0.15) is 5.10 Å². The molecule has 0 radical (unpaired) electrons. The Bertz CT molecular complexity index is 1030. The van der Waals surface area contributed by atoms with Crippen LogP contribution in [0.1, 0.15) is 23.2 Å². The van der Waals surface area contributed by atoms with Crippen molar-refractivity contribution in [2.24, 2.45) is 0 Å². The molecule has 1 unspecified atom stereocenters. The summed E-state index contributed by atoms with van der Waals surface area (Å²) in [6.07, 6.45) is 4.00. The number of H-pyrrole nitrogens is 1. The molecule has 0 bridgehead atoms. The minimum absolute atomic E-state index is 0.0857. The van der Waals surface area contributed by atoms with Crippen molar-refractivity contribution in [2.45, 2.75) is 32.2 Å². The molecule has 1 aliphatic carbocycles. The largest absolute Gasteiger partial charge is 0.455 e. The van der Waals surface area contributed by atoms with Crippen molar-refractivity contribution in [1.29, 1.82) is 0 Å². The molecule has 1 heterocycles. The molecule has 0 saturated heterocycles. The molecule has 3 aromatic rings. The molecule has 1 aliphatic rings. The third-order valence-electron chi connectivity index (χ3n) is 4.94. The van der Waals surface area contributed by atoms with Crippen LogP contribution in [0.15, 0.2) is 54.7 Å². The molecular formula is C22H22N4O3. The van der Waals surface area contributed by atoms with Gasteiger partial charge in [-0.25, -0.2) is 0 Å². The predicted molar refractivity (Wildman–Crippen MR) is 109 cm³/mol. The van der Waals surface area contributed by atoms with E-state index in [4.69, 9.17) is 4.74 Å². The van der Waals surface area contributed by atoms with E-state index in [1.807, 2.05) is 37.3 Å². The van der Waals surface area contributed by atoms with Gasteiger partial charge in [-0.05, 0) is 56.0 Å². The second kappa shape index (κ2) is 8.18. The van der Waals surface area contributed by atoms with Crippen LogP contribution in [0.3, 0.4) is 0 Å². The number of ether oxygens (including phenoxy) is 1. The monoisotopic (exact) mass is 390 g/mol. The Balaban J connectivity index is 1.39. The first-order chi connectivity index (χ1) is 14.1. The molecule has 0 fully saturated rings. The number of anilines is 1. The van der Waals surface area contributed by atoms with Gasteiger partial charge in [0.05, 0.1) is 11.9 Å². The number of rotatable bonds is 4. The molecule has 7 heteroatoms. The zero-order valence-electron chi connectivity index (χ0n) is 16.1.